The standard InChI is InChI=1S/C42H28N4O/c1-4-12-27(13-5-1)34-25-24-33(37-38-36(47-39(34)37)26-32-18-10-11-19-35(32)43-38)28-20-22-31(23-21-28)42-45-40(29-14-6-2-7-15-29)44-41(46-42)30-16-8-3-9-17-30/h1-26,40H,(H,44,45,46). The number of aromatic nitrogens is 1. The zero-order valence-electron chi connectivity index (χ0n) is 25.3. The van der Waals surface area contributed by atoms with Gasteiger partial charge >= 0.3 is 0 Å². The topological polar surface area (TPSA) is 62.8 Å². The number of hydrogen-bond donors (Lipinski definition) is 1. The summed E-state index contributed by atoms with van der Waals surface area (Å²) in [6.45, 7) is 0. The van der Waals surface area contributed by atoms with Crippen molar-refractivity contribution < 1.29 is 4.42 Å². The molecule has 47 heavy (non-hydrogen) atoms. The summed E-state index contributed by atoms with van der Waals surface area (Å²) < 4.78 is 6.63. The summed E-state index contributed by atoms with van der Waals surface area (Å²) in [6, 6.07) is 54.0. The Bertz CT molecular complexity index is 2470. The molecular weight excluding hydrogens is 576 g/mol. The molecule has 222 valence electrons. The second-order valence-corrected chi connectivity index (χ2v) is 11.7. The molecule has 1 aliphatic heterocycles. The molecule has 0 bridgehead atoms. The summed E-state index contributed by atoms with van der Waals surface area (Å²) in [4.78, 5) is 15.1. The van der Waals surface area contributed by atoms with Crippen molar-refractivity contribution in [1.29, 1.82) is 0 Å². The predicted octanol–water partition coefficient (Wildman–Crippen LogP) is 9.96. The van der Waals surface area contributed by atoms with E-state index >= 15 is 0 Å². The highest BCUT2D eigenvalue weighted by atomic mass is 16.3. The Morgan fingerprint density at radius 3 is 1.94 bits per heavy atom. The van der Waals surface area contributed by atoms with Gasteiger partial charge in [0.2, 0.25) is 0 Å². The van der Waals surface area contributed by atoms with Crippen LogP contribution in [0.5, 0.6) is 0 Å². The smallest absolute Gasteiger partial charge is 0.159 e. The van der Waals surface area contributed by atoms with Crippen molar-refractivity contribution >= 4 is 44.6 Å². The van der Waals surface area contributed by atoms with Gasteiger partial charge in [0.25, 0.3) is 0 Å². The fourth-order valence-corrected chi connectivity index (χ4v) is 6.40. The predicted molar refractivity (Wildman–Crippen MR) is 192 cm³/mol. The maximum absolute atomic E-state index is 6.63. The molecule has 9 rings (SSSR count). The van der Waals surface area contributed by atoms with E-state index in [2.05, 4.69) is 96.3 Å². The molecule has 0 saturated carbocycles. The lowest BCUT2D eigenvalue weighted by molar-refractivity contribution is 0.670. The van der Waals surface area contributed by atoms with Crippen LogP contribution in [0.15, 0.2) is 172 Å². The molecule has 0 amide bonds. The van der Waals surface area contributed by atoms with Crippen LogP contribution in [-0.2, 0) is 0 Å². The first-order chi connectivity index (χ1) is 23.3. The molecule has 6 aromatic carbocycles. The molecule has 0 saturated heterocycles. The van der Waals surface area contributed by atoms with E-state index in [-0.39, 0.29) is 6.17 Å². The third-order valence-electron chi connectivity index (χ3n) is 8.74. The quantitative estimate of drug-likeness (QED) is 0.213. The van der Waals surface area contributed by atoms with Gasteiger partial charge in [0.15, 0.2) is 11.4 Å². The van der Waals surface area contributed by atoms with E-state index in [9.17, 15) is 0 Å². The minimum absolute atomic E-state index is 0.248. The van der Waals surface area contributed by atoms with E-state index in [1.807, 2.05) is 66.7 Å². The number of benzene rings is 6. The molecule has 1 atom stereocenters. The molecule has 1 N–H and O–H groups in total. The van der Waals surface area contributed by atoms with E-state index in [4.69, 9.17) is 19.4 Å². The van der Waals surface area contributed by atoms with Crippen molar-refractivity contribution in [2.24, 2.45) is 9.98 Å². The van der Waals surface area contributed by atoms with Gasteiger partial charge in [-0.2, -0.15) is 0 Å². The van der Waals surface area contributed by atoms with Crippen molar-refractivity contribution in [2.45, 2.75) is 6.17 Å². The molecule has 5 heteroatoms. The molecule has 2 aromatic heterocycles. The van der Waals surface area contributed by atoms with Crippen LogP contribution >= 0.6 is 0 Å². The van der Waals surface area contributed by atoms with Crippen LogP contribution in [0, 0.1) is 0 Å². The molecule has 1 unspecified atom stereocenters. The van der Waals surface area contributed by atoms with Crippen LogP contribution < -0.4 is 5.32 Å². The lowest BCUT2D eigenvalue weighted by Gasteiger charge is -2.23. The lowest BCUT2D eigenvalue weighted by Crippen LogP contribution is -2.33. The van der Waals surface area contributed by atoms with Gasteiger partial charge in [-0.1, -0.05) is 140 Å². The van der Waals surface area contributed by atoms with Crippen LogP contribution in [0.25, 0.3) is 55.2 Å². The van der Waals surface area contributed by atoms with Crippen LogP contribution in [0.2, 0.25) is 0 Å². The van der Waals surface area contributed by atoms with E-state index in [0.717, 1.165) is 77.8 Å². The largest absolute Gasteiger partial charge is 0.454 e. The number of furan rings is 1. The number of pyridine rings is 1. The molecule has 0 radical (unpaired) electrons. The van der Waals surface area contributed by atoms with Gasteiger partial charge in [0.05, 0.1) is 10.9 Å². The summed E-state index contributed by atoms with van der Waals surface area (Å²) in [5.74, 6) is 1.49. The Kier molecular flexibility index (Phi) is 6.46. The minimum Gasteiger partial charge on any atom is -0.454 e. The van der Waals surface area contributed by atoms with Gasteiger partial charge in [-0.3, -0.25) is 0 Å². The molecule has 5 nitrogen and oxygen atoms in total. The first-order valence-corrected chi connectivity index (χ1v) is 15.7. The third-order valence-corrected chi connectivity index (χ3v) is 8.74. The second kappa shape index (κ2) is 11.2. The van der Waals surface area contributed by atoms with Crippen LogP contribution in [0.4, 0.5) is 0 Å². The Morgan fingerprint density at radius 1 is 0.553 bits per heavy atom. The van der Waals surface area contributed by atoms with E-state index in [1.54, 1.807) is 0 Å². The van der Waals surface area contributed by atoms with Gasteiger partial charge in [0, 0.05) is 22.1 Å². The molecule has 0 fully saturated rings. The average Bonchev–Trinajstić information content (AvgIpc) is 3.53. The monoisotopic (exact) mass is 604 g/mol. The number of aliphatic imine (C=N–C) groups is 2. The highest BCUT2D eigenvalue weighted by molar-refractivity contribution is 6.17. The number of para-hydroxylation sites is 1. The maximum Gasteiger partial charge on any atom is 0.159 e. The molecule has 3 heterocycles. The number of nitrogens with zero attached hydrogens (tertiary/aromatic N) is 3. The van der Waals surface area contributed by atoms with E-state index in [1.165, 1.54) is 0 Å². The van der Waals surface area contributed by atoms with E-state index in [0.29, 0.717) is 5.84 Å². The highest BCUT2D eigenvalue weighted by Crippen LogP contribution is 2.42. The van der Waals surface area contributed by atoms with E-state index < -0.39 is 0 Å². The summed E-state index contributed by atoms with van der Waals surface area (Å²) in [5.41, 5.74) is 10.8. The summed E-state index contributed by atoms with van der Waals surface area (Å²) in [7, 11) is 0. The van der Waals surface area contributed by atoms with Crippen molar-refractivity contribution in [3.8, 4) is 22.3 Å². The molecule has 0 spiro atoms. The van der Waals surface area contributed by atoms with Crippen LogP contribution in [-0.4, -0.2) is 16.7 Å². The molecular formula is C42H28N4O. The zero-order valence-corrected chi connectivity index (χ0v) is 25.3. The maximum atomic E-state index is 6.63. The zero-order chi connectivity index (χ0) is 31.2. The fraction of sp³-hybridized carbons (Fsp3) is 0.0238. The van der Waals surface area contributed by atoms with Gasteiger partial charge < -0.3 is 9.73 Å². The number of hydrogen-bond acceptors (Lipinski definition) is 5. The number of amidine groups is 2. The van der Waals surface area contributed by atoms with Gasteiger partial charge in [0.1, 0.15) is 23.1 Å². The van der Waals surface area contributed by atoms with Crippen molar-refractivity contribution in [3.63, 3.8) is 0 Å². The van der Waals surface area contributed by atoms with Crippen LogP contribution in [0.1, 0.15) is 22.9 Å². The molecule has 1 aliphatic rings. The first-order valence-electron chi connectivity index (χ1n) is 15.7. The van der Waals surface area contributed by atoms with Gasteiger partial charge in [-0.05, 0) is 40.5 Å². The Morgan fingerprint density at radius 2 is 1.17 bits per heavy atom. The van der Waals surface area contributed by atoms with Crippen molar-refractivity contribution in [2.75, 3.05) is 0 Å². The Balaban J connectivity index is 1.17. The average molecular weight is 605 g/mol. The lowest BCUT2D eigenvalue weighted by atomic mass is 9.95. The fourth-order valence-electron chi connectivity index (χ4n) is 6.40. The summed E-state index contributed by atoms with van der Waals surface area (Å²) in [6.07, 6.45) is -0.248. The number of nitrogens with one attached hydrogen (secondary N) is 1. The first kappa shape index (κ1) is 27.0. The van der Waals surface area contributed by atoms with Gasteiger partial charge in [-0.15, -0.1) is 0 Å². The summed E-state index contributed by atoms with van der Waals surface area (Å²) in [5, 5.41) is 5.64. The normalized spacial score (nSPS) is 14.6. The molecule has 0 aliphatic carbocycles. The summed E-state index contributed by atoms with van der Waals surface area (Å²) >= 11 is 0. The number of rotatable bonds is 5. The van der Waals surface area contributed by atoms with Crippen molar-refractivity contribution in [3.05, 3.63) is 174 Å². The minimum atomic E-state index is -0.248. The Hall–Kier alpha value is -6.33. The Labute approximate surface area is 271 Å². The molecule has 8 aromatic rings. The second-order valence-electron chi connectivity index (χ2n) is 11.7. The highest BCUT2D eigenvalue weighted by Gasteiger charge is 2.22. The third kappa shape index (κ3) is 4.86. The van der Waals surface area contributed by atoms with Gasteiger partial charge in [-0.25, -0.2) is 15.0 Å². The van der Waals surface area contributed by atoms with Crippen LogP contribution in [0.3, 0.4) is 0 Å². The SMILES string of the molecule is c1ccc(C2=NC(c3ccccc3)NC(c3ccc(-c4ccc(-c5ccccc5)c5oc6cc7ccccc7nc6c45)cc3)=N2)cc1. The van der Waals surface area contributed by atoms with Crippen molar-refractivity contribution in [1.82, 2.24) is 10.3 Å². The number of fused-ring (bicyclic) bond motifs is 4.